The third-order valence-corrected chi connectivity index (χ3v) is 7.24. The Hall–Kier alpha value is -2.17. The first-order valence-corrected chi connectivity index (χ1v) is 11.5. The molecular weight excluding hydrogens is 412 g/mol. The summed E-state index contributed by atoms with van der Waals surface area (Å²) in [5, 5.41) is 0. The first-order chi connectivity index (χ1) is 14.3. The topological polar surface area (TPSA) is 102 Å². The van der Waals surface area contributed by atoms with Crippen LogP contribution in [0.2, 0.25) is 0 Å². The highest BCUT2D eigenvalue weighted by molar-refractivity contribution is 7.89. The number of benzene rings is 1. The van der Waals surface area contributed by atoms with Crippen molar-refractivity contribution in [2.75, 3.05) is 53.1 Å². The molecule has 1 amide bonds. The number of hydrogen-bond donors (Lipinski definition) is 0. The van der Waals surface area contributed by atoms with Gasteiger partial charge in [0, 0.05) is 26.2 Å². The van der Waals surface area contributed by atoms with Crippen LogP contribution in [0.15, 0.2) is 23.1 Å². The third kappa shape index (κ3) is 5.11. The van der Waals surface area contributed by atoms with E-state index in [0.29, 0.717) is 32.2 Å². The molecule has 3 rings (SSSR count). The van der Waals surface area contributed by atoms with Crippen LogP contribution in [0.1, 0.15) is 30.1 Å². The third-order valence-electron chi connectivity index (χ3n) is 5.32. The molecule has 0 aliphatic carbocycles. The van der Waals surface area contributed by atoms with Gasteiger partial charge in [-0.1, -0.05) is 6.92 Å². The Balaban J connectivity index is 1.72. The number of esters is 1. The summed E-state index contributed by atoms with van der Waals surface area (Å²) < 4.78 is 42.9. The standard InChI is InChI=1S/C20H28N2O7S/c1-15-4-3-7-21(13-15)19(23)14-29-20(24)16-5-6-17(27-2)18(12-16)30(25,26)22-8-10-28-11-9-22/h5-6,12,15H,3-4,7-11,13-14H2,1-2H3. The number of rotatable bonds is 6. The zero-order valence-corrected chi connectivity index (χ0v) is 18.2. The molecule has 10 heteroatoms. The van der Waals surface area contributed by atoms with Gasteiger partial charge in [0.15, 0.2) is 6.61 Å². The Bertz CT molecular complexity index is 881. The summed E-state index contributed by atoms with van der Waals surface area (Å²) in [5.74, 6) is -0.441. The maximum atomic E-state index is 13.0. The van der Waals surface area contributed by atoms with Crippen molar-refractivity contribution in [1.29, 1.82) is 0 Å². The molecule has 0 radical (unpaired) electrons. The summed E-state index contributed by atoms with van der Waals surface area (Å²) >= 11 is 0. The average Bonchev–Trinajstić information content (AvgIpc) is 2.77. The molecule has 1 aromatic rings. The van der Waals surface area contributed by atoms with Crippen LogP contribution < -0.4 is 4.74 Å². The summed E-state index contributed by atoms with van der Waals surface area (Å²) in [4.78, 5) is 26.4. The second kappa shape index (κ2) is 9.76. The highest BCUT2D eigenvalue weighted by atomic mass is 32.2. The predicted molar refractivity (Wildman–Crippen MR) is 108 cm³/mol. The number of morpholine rings is 1. The molecule has 2 heterocycles. The smallest absolute Gasteiger partial charge is 0.338 e. The number of methoxy groups -OCH3 is 1. The molecule has 2 aliphatic rings. The monoisotopic (exact) mass is 440 g/mol. The van der Waals surface area contributed by atoms with Crippen LogP contribution in [0.5, 0.6) is 5.75 Å². The van der Waals surface area contributed by atoms with E-state index in [9.17, 15) is 18.0 Å². The largest absolute Gasteiger partial charge is 0.495 e. The van der Waals surface area contributed by atoms with Crippen molar-refractivity contribution in [3.05, 3.63) is 23.8 Å². The lowest BCUT2D eigenvalue weighted by molar-refractivity contribution is -0.136. The number of carbonyl (C=O) groups is 2. The molecule has 9 nitrogen and oxygen atoms in total. The van der Waals surface area contributed by atoms with Crippen LogP contribution in [0.4, 0.5) is 0 Å². The van der Waals surface area contributed by atoms with E-state index in [4.69, 9.17) is 14.2 Å². The van der Waals surface area contributed by atoms with Crippen molar-refractivity contribution in [1.82, 2.24) is 9.21 Å². The van der Waals surface area contributed by atoms with Crippen molar-refractivity contribution in [3.8, 4) is 5.75 Å². The van der Waals surface area contributed by atoms with Crippen molar-refractivity contribution in [2.24, 2.45) is 5.92 Å². The van der Waals surface area contributed by atoms with E-state index in [1.165, 1.54) is 29.6 Å². The van der Waals surface area contributed by atoms with Gasteiger partial charge in [-0.15, -0.1) is 0 Å². The van der Waals surface area contributed by atoms with Gasteiger partial charge in [-0.2, -0.15) is 4.31 Å². The number of amides is 1. The summed E-state index contributed by atoms with van der Waals surface area (Å²) in [5.41, 5.74) is 0.0439. The molecule has 0 spiro atoms. The maximum absolute atomic E-state index is 13.0. The van der Waals surface area contributed by atoms with E-state index >= 15 is 0 Å². The fraction of sp³-hybridized carbons (Fsp3) is 0.600. The van der Waals surface area contributed by atoms with Gasteiger partial charge in [0.1, 0.15) is 10.6 Å². The van der Waals surface area contributed by atoms with Crippen LogP contribution in [0, 0.1) is 5.92 Å². The molecule has 166 valence electrons. The van der Waals surface area contributed by atoms with Gasteiger partial charge in [0.25, 0.3) is 5.91 Å². The van der Waals surface area contributed by atoms with Crippen LogP contribution in [0.25, 0.3) is 0 Å². The SMILES string of the molecule is COc1ccc(C(=O)OCC(=O)N2CCCC(C)C2)cc1S(=O)(=O)N1CCOCC1. The minimum Gasteiger partial charge on any atom is -0.495 e. The molecule has 0 N–H and O–H groups in total. The molecule has 1 atom stereocenters. The summed E-state index contributed by atoms with van der Waals surface area (Å²) in [6, 6.07) is 4.07. The zero-order valence-electron chi connectivity index (χ0n) is 17.3. The first-order valence-electron chi connectivity index (χ1n) is 10.0. The fourth-order valence-corrected chi connectivity index (χ4v) is 5.24. The molecule has 30 heavy (non-hydrogen) atoms. The van der Waals surface area contributed by atoms with Gasteiger partial charge in [-0.05, 0) is 37.0 Å². The van der Waals surface area contributed by atoms with Gasteiger partial charge < -0.3 is 19.1 Å². The molecule has 2 fully saturated rings. The first kappa shape index (κ1) is 22.5. The molecule has 0 aromatic heterocycles. The Kier molecular flexibility index (Phi) is 7.32. The van der Waals surface area contributed by atoms with E-state index in [1.807, 2.05) is 0 Å². The lowest BCUT2D eigenvalue weighted by Gasteiger charge is -2.30. The minimum atomic E-state index is -3.87. The van der Waals surface area contributed by atoms with E-state index in [-0.39, 0.29) is 41.8 Å². The number of piperidine rings is 1. The van der Waals surface area contributed by atoms with Crippen LogP contribution in [-0.2, 0) is 24.3 Å². The Morgan fingerprint density at radius 2 is 1.93 bits per heavy atom. The lowest BCUT2D eigenvalue weighted by Crippen LogP contribution is -2.41. The van der Waals surface area contributed by atoms with Crippen LogP contribution in [0.3, 0.4) is 0 Å². The van der Waals surface area contributed by atoms with E-state index in [0.717, 1.165) is 12.8 Å². The molecule has 0 saturated carbocycles. The van der Waals surface area contributed by atoms with Crippen molar-refractivity contribution < 1.29 is 32.2 Å². The van der Waals surface area contributed by atoms with Crippen LogP contribution >= 0.6 is 0 Å². The number of carbonyl (C=O) groups excluding carboxylic acids is 2. The molecule has 0 bridgehead atoms. The summed E-state index contributed by atoms with van der Waals surface area (Å²) in [7, 11) is -2.50. The molecule has 2 saturated heterocycles. The fourth-order valence-electron chi connectivity index (χ4n) is 3.65. The Morgan fingerprint density at radius 1 is 1.20 bits per heavy atom. The second-order valence-corrected chi connectivity index (χ2v) is 9.45. The quantitative estimate of drug-likeness (QED) is 0.611. The number of nitrogens with zero attached hydrogens (tertiary/aromatic N) is 2. The molecule has 1 unspecified atom stereocenters. The van der Waals surface area contributed by atoms with Gasteiger partial charge in [-0.25, -0.2) is 13.2 Å². The second-order valence-electron chi connectivity index (χ2n) is 7.55. The number of ether oxygens (including phenoxy) is 3. The van der Waals surface area contributed by atoms with Gasteiger partial charge in [0.2, 0.25) is 10.0 Å². The van der Waals surface area contributed by atoms with Gasteiger partial charge in [0.05, 0.1) is 25.9 Å². The zero-order chi connectivity index (χ0) is 21.7. The Morgan fingerprint density at radius 3 is 2.60 bits per heavy atom. The predicted octanol–water partition coefficient (Wildman–Crippen LogP) is 1.13. The number of likely N-dealkylation sites (tertiary alicyclic amines) is 1. The summed E-state index contributed by atoms with van der Waals surface area (Å²) in [6.45, 7) is 4.08. The Labute approximate surface area is 176 Å². The van der Waals surface area contributed by atoms with Gasteiger partial charge in [-0.3, -0.25) is 4.79 Å². The maximum Gasteiger partial charge on any atom is 0.338 e. The van der Waals surface area contributed by atoms with Crippen molar-refractivity contribution >= 4 is 21.9 Å². The molecule has 2 aliphatic heterocycles. The van der Waals surface area contributed by atoms with Crippen molar-refractivity contribution in [3.63, 3.8) is 0 Å². The van der Waals surface area contributed by atoms with E-state index in [2.05, 4.69) is 6.92 Å². The van der Waals surface area contributed by atoms with Crippen LogP contribution in [-0.4, -0.2) is 82.6 Å². The van der Waals surface area contributed by atoms with E-state index in [1.54, 1.807) is 4.90 Å². The highest BCUT2D eigenvalue weighted by Crippen LogP contribution is 2.28. The van der Waals surface area contributed by atoms with E-state index < -0.39 is 16.0 Å². The van der Waals surface area contributed by atoms with Gasteiger partial charge >= 0.3 is 5.97 Å². The minimum absolute atomic E-state index is 0.0439. The summed E-state index contributed by atoms with van der Waals surface area (Å²) in [6.07, 6.45) is 2.01. The average molecular weight is 441 g/mol. The number of sulfonamides is 1. The highest BCUT2D eigenvalue weighted by Gasteiger charge is 2.30. The number of hydrogen-bond acceptors (Lipinski definition) is 7. The van der Waals surface area contributed by atoms with Crippen molar-refractivity contribution in [2.45, 2.75) is 24.7 Å². The molecular formula is C20H28N2O7S. The molecule has 1 aromatic carbocycles. The lowest BCUT2D eigenvalue weighted by atomic mass is 10.0. The normalized spacial score (nSPS) is 20.6.